The Hall–Kier alpha value is -2.61. The van der Waals surface area contributed by atoms with Gasteiger partial charge in [-0.1, -0.05) is 11.6 Å². The Bertz CT molecular complexity index is 751. The Morgan fingerprint density at radius 2 is 1.96 bits per heavy atom. The highest BCUT2D eigenvalue weighted by Crippen LogP contribution is 2.32. The van der Waals surface area contributed by atoms with Gasteiger partial charge in [-0.15, -0.1) is 0 Å². The Morgan fingerprint density at radius 3 is 2.60 bits per heavy atom. The molecule has 0 aliphatic heterocycles. The number of pyridine rings is 2. The first-order valence-electron chi connectivity index (χ1n) is 7.19. The van der Waals surface area contributed by atoms with Crippen molar-refractivity contribution in [1.29, 1.82) is 0 Å². The standard InChI is InChI=1S/C16H14ClF3N4O/c17-13-9-12(16(18,19)20)10-24-15(13)23-8-7-22-14(25)2-1-11-3-5-21-6-4-11/h1-6,9-10H,7-8H2,(H,22,25)(H,23,24)/b2-1+. The average Bonchev–Trinajstić information content (AvgIpc) is 2.58. The third kappa shape index (κ3) is 6.07. The molecule has 2 N–H and O–H groups in total. The Kier molecular flexibility index (Phi) is 6.35. The lowest BCUT2D eigenvalue weighted by Gasteiger charge is -2.10. The third-order valence-corrected chi connectivity index (χ3v) is 3.31. The van der Waals surface area contributed by atoms with Gasteiger partial charge in [0, 0.05) is 37.8 Å². The predicted molar refractivity (Wildman–Crippen MR) is 89.0 cm³/mol. The van der Waals surface area contributed by atoms with Crippen LogP contribution in [0.4, 0.5) is 19.0 Å². The number of alkyl halides is 3. The second-order valence-corrected chi connectivity index (χ2v) is 5.29. The average molecular weight is 371 g/mol. The number of halogens is 4. The molecule has 5 nitrogen and oxygen atoms in total. The normalized spacial score (nSPS) is 11.5. The van der Waals surface area contributed by atoms with E-state index < -0.39 is 11.7 Å². The molecule has 0 aliphatic rings. The summed E-state index contributed by atoms with van der Waals surface area (Å²) in [5, 5.41) is 5.25. The van der Waals surface area contributed by atoms with Gasteiger partial charge in [0.2, 0.25) is 5.91 Å². The molecule has 2 rings (SSSR count). The maximum absolute atomic E-state index is 12.5. The fourth-order valence-electron chi connectivity index (χ4n) is 1.80. The molecule has 2 aromatic heterocycles. The molecule has 0 spiro atoms. The second kappa shape index (κ2) is 8.48. The molecule has 2 heterocycles. The van der Waals surface area contributed by atoms with Crippen molar-refractivity contribution in [2.24, 2.45) is 0 Å². The van der Waals surface area contributed by atoms with Crippen molar-refractivity contribution in [3.63, 3.8) is 0 Å². The van der Waals surface area contributed by atoms with E-state index in [0.717, 1.165) is 11.6 Å². The first-order chi connectivity index (χ1) is 11.9. The maximum atomic E-state index is 12.5. The first-order valence-corrected chi connectivity index (χ1v) is 7.56. The van der Waals surface area contributed by atoms with E-state index in [4.69, 9.17) is 11.6 Å². The van der Waals surface area contributed by atoms with Crippen LogP contribution < -0.4 is 10.6 Å². The fourth-order valence-corrected chi connectivity index (χ4v) is 2.03. The van der Waals surface area contributed by atoms with Crippen molar-refractivity contribution in [1.82, 2.24) is 15.3 Å². The van der Waals surface area contributed by atoms with E-state index in [0.29, 0.717) is 6.20 Å². The highest BCUT2D eigenvalue weighted by Gasteiger charge is 2.31. The molecule has 132 valence electrons. The molecular formula is C16H14ClF3N4O. The first kappa shape index (κ1) is 18.7. The summed E-state index contributed by atoms with van der Waals surface area (Å²) in [7, 11) is 0. The molecule has 0 saturated carbocycles. The van der Waals surface area contributed by atoms with Gasteiger partial charge in [-0.05, 0) is 29.8 Å². The molecule has 0 fully saturated rings. The Labute approximate surface area is 146 Å². The van der Waals surface area contributed by atoms with Crippen molar-refractivity contribution in [2.45, 2.75) is 6.18 Å². The molecule has 0 aromatic carbocycles. The van der Waals surface area contributed by atoms with E-state index in [-0.39, 0.29) is 29.8 Å². The lowest BCUT2D eigenvalue weighted by atomic mass is 10.2. The van der Waals surface area contributed by atoms with Gasteiger partial charge in [0.15, 0.2) is 0 Å². The summed E-state index contributed by atoms with van der Waals surface area (Å²) in [6.45, 7) is 0.505. The number of carbonyl (C=O) groups is 1. The highest BCUT2D eigenvalue weighted by molar-refractivity contribution is 6.32. The number of aromatic nitrogens is 2. The summed E-state index contributed by atoms with van der Waals surface area (Å²) in [5.41, 5.74) is -0.0818. The van der Waals surface area contributed by atoms with Crippen LogP contribution in [-0.2, 0) is 11.0 Å². The van der Waals surface area contributed by atoms with Crippen LogP contribution in [0, 0.1) is 0 Å². The number of nitrogens with one attached hydrogen (secondary N) is 2. The Balaban J connectivity index is 1.77. The van der Waals surface area contributed by atoms with Gasteiger partial charge in [-0.2, -0.15) is 13.2 Å². The predicted octanol–water partition coefficient (Wildman–Crippen LogP) is 3.39. The van der Waals surface area contributed by atoms with Crippen molar-refractivity contribution in [3.8, 4) is 0 Å². The van der Waals surface area contributed by atoms with E-state index in [2.05, 4.69) is 20.6 Å². The lowest BCUT2D eigenvalue weighted by molar-refractivity contribution is -0.137. The number of hydrogen-bond donors (Lipinski definition) is 2. The molecule has 9 heteroatoms. The van der Waals surface area contributed by atoms with E-state index >= 15 is 0 Å². The zero-order valence-corrected chi connectivity index (χ0v) is 13.6. The number of hydrogen-bond acceptors (Lipinski definition) is 4. The molecular weight excluding hydrogens is 357 g/mol. The van der Waals surface area contributed by atoms with Gasteiger partial charge in [0.1, 0.15) is 5.82 Å². The zero-order valence-electron chi connectivity index (χ0n) is 12.8. The largest absolute Gasteiger partial charge is 0.417 e. The molecule has 0 bridgehead atoms. The van der Waals surface area contributed by atoms with Crippen molar-refractivity contribution in [3.05, 3.63) is 59.0 Å². The van der Waals surface area contributed by atoms with E-state index in [1.807, 2.05) is 0 Å². The summed E-state index contributed by atoms with van der Waals surface area (Å²) < 4.78 is 37.5. The molecule has 0 radical (unpaired) electrons. The van der Waals surface area contributed by atoms with Gasteiger partial charge >= 0.3 is 6.18 Å². The van der Waals surface area contributed by atoms with Crippen LogP contribution in [0.5, 0.6) is 0 Å². The van der Waals surface area contributed by atoms with Gasteiger partial charge in [-0.25, -0.2) is 4.98 Å². The van der Waals surface area contributed by atoms with Gasteiger partial charge in [0.05, 0.1) is 10.6 Å². The SMILES string of the molecule is O=C(/C=C/c1ccncc1)NCCNc1ncc(C(F)(F)F)cc1Cl. The quantitative estimate of drug-likeness (QED) is 0.604. The van der Waals surface area contributed by atoms with Crippen LogP contribution in [0.15, 0.2) is 42.9 Å². The minimum absolute atomic E-state index is 0.122. The van der Waals surface area contributed by atoms with Crippen molar-refractivity contribution in [2.75, 3.05) is 18.4 Å². The van der Waals surface area contributed by atoms with E-state index in [9.17, 15) is 18.0 Å². The van der Waals surface area contributed by atoms with Gasteiger partial charge in [0.25, 0.3) is 0 Å². The minimum Gasteiger partial charge on any atom is -0.367 e. The van der Waals surface area contributed by atoms with Crippen LogP contribution >= 0.6 is 11.6 Å². The van der Waals surface area contributed by atoms with Crippen LogP contribution in [0.2, 0.25) is 5.02 Å². The van der Waals surface area contributed by atoms with Crippen LogP contribution in [0.3, 0.4) is 0 Å². The molecule has 0 atom stereocenters. The number of amides is 1. The number of anilines is 1. The van der Waals surface area contributed by atoms with Crippen LogP contribution in [-0.4, -0.2) is 29.0 Å². The van der Waals surface area contributed by atoms with Gasteiger partial charge < -0.3 is 10.6 Å². The van der Waals surface area contributed by atoms with Gasteiger partial charge in [-0.3, -0.25) is 9.78 Å². The van der Waals surface area contributed by atoms with Crippen molar-refractivity contribution < 1.29 is 18.0 Å². The summed E-state index contributed by atoms with van der Waals surface area (Å²) in [5.74, 6) is -0.179. The van der Waals surface area contributed by atoms with Crippen LogP contribution in [0.1, 0.15) is 11.1 Å². The molecule has 1 amide bonds. The molecule has 2 aromatic rings. The molecule has 0 aliphatic carbocycles. The number of nitrogens with zero attached hydrogens (tertiary/aromatic N) is 2. The lowest BCUT2D eigenvalue weighted by Crippen LogP contribution is -2.27. The fraction of sp³-hybridized carbons (Fsp3) is 0.188. The molecule has 0 saturated heterocycles. The van der Waals surface area contributed by atoms with Crippen LogP contribution in [0.25, 0.3) is 6.08 Å². The summed E-state index contributed by atoms with van der Waals surface area (Å²) >= 11 is 5.77. The highest BCUT2D eigenvalue weighted by atomic mass is 35.5. The summed E-state index contributed by atoms with van der Waals surface area (Å²) in [6.07, 6.45) is 2.44. The Morgan fingerprint density at radius 1 is 1.24 bits per heavy atom. The summed E-state index contributed by atoms with van der Waals surface area (Å²) in [6, 6.07) is 4.31. The second-order valence-electron chi connectivity index (χ2n) is 4.88. The monoisotopic (exact) mass is 370 g/mol. The minimum atomic E-state index is -4.50. The van der Waals surface area contributed by atoms with E-state index in [1.165, 1.54) is 6.08 Å². The zero-order chi connectivity index (χ0) is 18.3. The summed E-state index contributed by atoms with van der Waals surface area (Å²) in [4.78, 5) is 19.1. The number of rotatable bonds is 6. The maximum Gasteiger partial charge on any atom is 0.417 e. The topological polar surface area (TPSA) is 66.9 Å². The molecule has 0 unspecified atom stereocenters. The van der Waals surface area contributed by atoms with E-state index in [1.54, 1.807) is 30.6 Å². The van der Waals surface area contributed by atoms with Crippen molar-refractivity contribution >= 4 is 29.4 Å². The third-order valence-electron chi connectivity index (χ3n) is 3.02. The smallest absolute Gasteiger partial charge is 0.367 e. The molecule has 25 heavy (non-hydrogen) atoms. The number of carbonyl (C=O) groups excluding carboxylic acids is 1.